The minimum Gasteiger partial charge on any atom is -0.486 e. The molecule has 7 nitrogen and oxygen atoms in total. The van der Waals surface area contributed by atoms with Gasteiger partial charge in [0.2, 0.25) is 0 Å². The van der Waals surface area contributed by atoms with Crippen molar-refractivity contribution in [1.29, 1.82) is 0 Å². The second kappa shape index (κ2) is 8.56. The number of nitrogens with zero attached hydrogens (tertiary/aromatic N) is 2. The van der Waals surface area contributed by atoms with Gasteiger partial charge in [0.25, 0.3) is 11.5 Å². The second-order valence-corrected chi connectivity index (χ2v) is 9.29. The predicted molar refractivity (Wildman–Crippen MR) is 133 cm³/mol. The van der Waals surface area contributed by atoms with E-state index in [4.69, 9.17) is 9.47 Å². The SMILES string of the molecule is CC(C)Cn1cc(C(=O)NC(C)c2ccc3c(c2)OCCO3)c2c3ccccc3n(C)c2c1=O. The summed E-state index contributed by atoms with van der Waals surface area (Å²) in [6.07, 6.45) is 1.71. The number of aryl methyl sites for hydroxylation is 1. The van der Waals surface area contributed by atoms with Gasteiger partial charge in [-0.05, 0) is 36.6 Å². The van der Waals surface area contributed by atoms with Crippen LogP contribution in [0.2, 0.25) is 0 Å². The van der Waals surface area contributed by atoms with E-state index in [1.54, 1.807) is 10.8 Å². The molecule has 0 bridgehead atoms. The molecule has 34 heavy (non-hydrogen) atoms. The molecule has 0 spiro atoms. The molecule has 3 heterocycles. The molecule has 0 saturated carbocycles. The second-order valence-electron chi connectivity index (χ2n) is 9.29. The quantitative estimate of drug-likeness (QED) is 0.480. The van der Waals surface area contributed by atoms with Crippen molar-refractivity contribution in [2.75, 3.05) is 13.2 Å². The molecule has 4 aromatic rings. The van der Waals surface area contributed by atoms with Crippen molar-refractivity contribution >= 4 is 27.7 Å². The maximum atomic E-state index is 13.6. The first-order valence-corrected chi connectivity index (χ1v) is 11.7. The van der Waals surface area contributed by atoms with Gasteiger partial charge in [0.05, 0.1) is 11.6 Å². The lowest BCUT2D eigenvalue weighted by atomic mass is 10.0. The lowest BCUT2D eigenvalue weighted by molar-refractivity contribution is 0.0940. The van der Waals surface area contributed by atoms with Gasteiger partial charge in [-0.1, -0.05) is 38.1 Å². The number of rotatable bonds is 5. The molecular formula is C27H29N3O4. The summed E-state index contributed by atoms with van der Waals surface area (Å²) in [7, 11) is 1.88. The summed E-state index contributed by atoms with van der Waals surface area (Å²) < 4.78 is 14.9. The van der Waals surface area contributed by atoms with Crippen LogP contribution in [0.15, 0.2) is 53.5 Å². The number of ether oxygens (including phenoxy) is 2. The van der Waals surface area contributed by atoms with E-state index < -0.39 is 0 Å². The van der Waals surface area contributed by atoms with Gasteiger partial charge >= 0.3 is 0 Å². The zero-order valence-electron chi connectivity index (χ0n) is 19.9. The number of pyridine rings is 1. The number of para-hydroxylation sites is 1. The van der Waals surface area contributed by atoms with Gasteiger partial charge in [-0.15, -0.1) is 0 Å². The van der Waals surface area contributed by atoms with Gasteiger partial charge in [-0.2, -0.15) is 0 Å². The highest BCUT2D eigenvalue weighted by Crippen LogP contribution is 2.33. The van der Waals surface area contributed by atoms with E-state index in [1.165, 1.54) is 0 Å². The molecule has 7 heteroatoms. The molecule has 0 fully saturated rings. The highest BCUT2D eigenvalue weighted by molar-refractivity contribution is 6.17. The number of amides is 1. The minimum absolute atomic E-state index is 0.0844. The summed E-state index contributed by atoms with van der Waals surface area (Å²) in [5, 5.41) is 4.71. The van der Waals surface area contributed by atoms with Gasteiger partial charge in [0.15, 0.2) is 11.5 Å². The van der Waals surface area contributed by atoms with E-state index in [1.807, 2.05) is 61.0 Å². The predicted octanol–water partition coefficient (Wildman–Crippen LogP) is 4.41. The summed E-state index contributed by atoms with van der Waals surface area (Å²) in [5.74, 6) is 1.44. The monoisotopic (exact) mass is 459 g/mol. The number of nitrogens with one attached hydrogen (secondary N) is 1. The molecule has 5 rings (SSSR count). The third-order valence-corrected chi connectivity index (χ3v) is 6.34. The lowest BCUT2D eigenvalue weighted by Gasteiger charge is -2.21. The van der Waals surface area contributed by atoms with Crippen molar-refractivity contribution < 1.29 is 14.3 Å². The molecule has 0 radical (unpaired) electrons. The normalized spacial score (nSPS) is 14.0. The Kier molecular flexibility index (Phi) is 5.55. The fourth-order valence-electron chi connectivity index (χ4n) is 4.72. The van der Waals surface area contributed by atoms with E-state index >= 15 is 0 Å². The van der Waals surface area contributed by atoms with E-state index in [2.05, 4.69) is 19.2 Å². The van der Waals surface area contributed by atoms with Crippen molar-refractivity contribution in [2.24, 2.45) is 13.0 Å². The van der Waals surface area contributed by atoms with Crippen molar-refractivity contribution in [3.63, 3.8) is 0 Å². The Bertz CT molecular complexity index is 1460. The Morgan fingerprint density at radius 2 is 1.79 bits per heavy atom. The van der Waals surface area contributed by atoms with Crippen LogP contribution in [0.4, 0.5) is 0 Å². The van der Waals surface area contributed by atoms with Gasteiger partial charge < -0.3 is 23.9 Å². The lowest BCUT2D eigenvalue weighted by Crippen LogP contribution is -2.30. The Balaban J connectivity index is 1.59. The maximum absolute atomic E-state index is 13.6. The summed E-state index contributed by atoms with van der Waals surface area (Å²) in [4.78, 5) is 27.0. The average molecular weight is 460 g/mol. The highest BCUT2D eigenvalue weighted by Gasteiger charge is 2.23. The zero-order valence-corrected chi connectivity index (χ0v) is 19.9. The van der Waals surface area contributed by atoms with Crippen LogP contribution in [0.5, 0.6) is 11.5 Å². The number of carbonyl (C=O) groups is 1. The van der Waals surface area contributed by atoms with Gasteiger partial charge in [0.1, 0.15) is 18.7 Å². The molecular weight excluding hydrogens is 430 g/mol. The summed E-state index contributed by atoms with van der Waals surface area (Å²) >= 11 is 0. The van der Waals surface area contributed by atoms with E-state index in [0.29, 0.717) is 47.7 Å². The number of benzene rings is 2. The van der Waals surface area contributed by atoms with Crippen molar-refractivity contribution in [2.45, 2.75) is 33.4 Å². The van der Waals surface area contributed by atoms with Crippen LogP contribution < -0.4 is 20.3 Å². The first-order chi connectivity index (χ1) is 16.3. The molecule has 2 aromatic carbocycles. The molecule has 1 aliphatic heterocycles. The molecule has 0 aliphatic carbocycles. The van der Waals surface area contributed by atoms with Crippen LogP contribution in [0.1, 0.15) is 42.7 Å². The zero-order chi connectivity index (χ0) is 24.0. The van der Waals surface area contributed by atoms with Crippen molar-refractivity contribution in [1.82, 2.24) is 14.5 Å². The molecule has 2 aromatic heterocycles. The maximum Gasteiger partial charge on any atom is 0.275 e. The first-order valence-electron chi connectivity index (χ1n) is 11.7. The number of hydrogen-bond acceptors (Lipinski definition) is 4. The van der Waals surface area contributed by atoms with Crippen LogP contribution in [0.25, 0.3) is 21.8 Å². The van der Waals surface area contributed by atoms with Crippen LogP contribution in [-0.2, 0) is 13.6 Å². The fraction of sp³-hybridized carbons (Fsp3) is 0.333. The first kappa shape index (κ1) is 22.1. The highest BCUT2D eigenvalue weighted by atomic mass is 16.6. The Morgan fingerprint density at radius 1 is 1.06 bits per heavy atom. The van der Waals surface area contributed by atoms with Crippen molar-refractivity contribution in [3.05, 3.63) is 70.1 Å². The van der Waals surface area contributed by atoms with Crippen molar-refractivity contribution in [3.8, 4) is 11.5 Å². The number of fused-ring (bicyclic) bond motifs is 4. The Hall–Kier alpha value is -3.74. The third-order valence-electron chi connectivity index (χ3n) is 6.34. The molecule has 1 N–H and O–H groups in total. The topological polar surface area (TPSA) is 74.5 Å². The molecule has 1 aliphatic rings. The largest absolute Gasteiger partial charge is 0.486 e. The average Bonchev–Trinajstić information content (AvgIpc) is 3.13. The van der Waals surface area contributed by atoms with Gasteiger partial charge in [0, 0.05) is 36.1 Å². The van der Waals surface area contributed by atoms with Crippen LogP contribution in [-0.4, -0.2) is 28.3 Å². The van der Waals surface area contributed by atoms with Crippen LogP contribution in [0.3, 0.4) is 0 Å². The van der Waals surface area contributed by atoms with E-state index in [0.717, 1.165) is 16.5 Å². The number of carbonyl (C=O) groups excluding carboxylic acids is 1. The smallest absolute Gasteiger partial charge is 0.275 e. The minimum atomic E-state index is -0.265. The Morgan fingerprint density at radius 3 is 2.56 bits per heavy atom. The molecule has 0 saturated heterocycles. The Labute approximate surface area is 197 Å². The number of aromatic nitrogens is 2. The fourth-order valence-corrected chi connectivity index (χ4v) is 4.72. The van der Waals surface area contributed by atoms with Gasteiger partial charge in [-0.3, -0.25) is 9.59 Å². The summed E-state index contributed by atoms with van der Waals surface area (Å²) in [5.41, 5.74) is 2.80. The van der Waals surface area contributed by atoms with E-state index in [9.17, 15) is 9.59 Å². The third kappa shape index (κ3) is 3.71. The molecule has 176 valence electrons. The van der Waals surface area contributed by atoms with E-state index in [-0.39, 0.29) is 23.4 Å². The molecule has 1 amide bonds. The summed E-state index contributed by atoms with van der Waals surface area (Å²) in [6, 6.07) is 13.3. The van der Waals surface area contributed by atoms with Crippen LogP contribution >= 0.6 is 0 Å². The standard InChI is InChI=1S/C27H29N3O4/c1-16(2)14-30-15-20(24-19-7-5-6-8-21(19)29(4)25(24)27(30)32)26(31)28-17(3)18-9-10-22-23(13-18)34-12-11-33-22/h5-10,13,15-17H,11-12,14H2,1-4H3,(H,28,31). The molecule has 1 atom stereocenters. The molecule has 1 unspecified atom stereocenters. The summed E-state index contributed by atoms with van der Waals surface area (Å²) in [6.45, 7) is 7.63. The van der Waals surface area contributed by atoms with Crippen LogP contribution in [0, 0.1) is 5.92 Å². The number of hydrogen-bond donors (Lipinski definition) is 1. The van der Waals surface area contributed by atoms with Gasteiger partial charge in [-0.25, -0.2) is 0 Å².